The van der Waals surface area contributed by atoms with Crippen molar-refractivity contribution in [3.05, 3.63) is 23.8 Å². The van der Waals surface area contributed by atoms with E-state index < -0.39 is 72.9 Å². The highest BCUT2D eigenvalue weighted by Gasteiger charge is 2.71. The molecule has 18 atom stereocenters. The van der Waals surface area contributed by atoms with Crippen LogP contribution in [-0.2, 0) is 18.9 Å². The molecule has 0 radical (unpaired) electrons. The van der Waals surface area contributed by atoms with Gasteiger partial charge in [-0.25, -0.2) is 0 Å². The quantitative estimate of drug-likeness (QED) is 0.216. The molecule has 0 aromatic heterocycles. The van der Waals surface area contributed by atoms with Gasteiger partial charge in [0.15, 0.2) is 12.1 Å². The van der Waals surface area contributed by atoms with Gasteiger partial charge in [-0.05, 0) is 66.8 Å². The van der Waals surface area contributed by atoms with Crippen LogP contribution in [0.3, 0.4) is 0 Å². The molecule has 6 fully saturated rings. The van der Waals surface area contributed by atoms with Crippen molar-refractivity contribution in [1.82, 2.24) is 0 Å². The van der Waals surface area contributed by atoms with Crippen molar-refractivity contribution in [1.29, 1.82) is 0 Å². The van der Waals surface area contributed by atoms with Crippen LogP contribution in [0.25, 0.3) is 0 Å². The van der Waals surface area contributed by atoms with E-state index in [1.54, 1.807) is 0 Å². The van der Waals surface area contributed by atoms with Gasteiger partial charge in [0.2, 0.25) is 0 Å². The lowest BCUT2D eigenvalue weighted by molar-refractivity contribution is -0.334. The van der Waals surface area contributed by atoms with Crippen molar-refractivity contribution < 1.29 is 54.7 Å². The predicted octanol–water partition coefficient (Wildman–Crippen LogP) is 0.371. The molecule has 0 bridgehead atoms. The Bertz CT molecular complexity index is 1180. The van der Waals surface area contributed by atoms with Gasteiger partial charge in [0.1, 0.15) is 36.6 Å². The summed E-state index contributed by atoms with van der Waals surface area (Å²) < 4.78 is 25.0. The van der Waals surface area contributed by atoms with Crippen LogP contribution in [-0.4, -0.2) is 116 Å². The molecule has 1 spiro atoms. The molecular formula is C33H50O11. The molecule has 0 aromatic carbocycles. The smallest absolute Gasteiger partial charge is 0.198 e. The summed E-state index contributed by atoms with van der Waals surface area (Å²) in [6.45, 7) is 10.4. The zero-order chi connectivity index (χ0) is 31.5. The number of aliphatic hydroxyl groups is 7. The lowest BCUT2D eigenvalue weighted by Gasteiger charge is -2.61. The fourth-order valence-corrected chi connectivity index (χ4v) is 11.2. The molecular weight excluding hydrogens is 572 g/mol. The first-order chi connectivity index (χ1) is 20.8. The van der Waals surface area contributed by atoms with Crippen molar-refractivity contribution in [3.8, 4) is 0 Å². The van der Waals surface area contributed by atoms with Gasteiger partial charge < -0.3 is 54.7 Å². The maximum Gasteiger partial charge on any atom is 0.198 e. The average Bonchev–Trinajstić information content (AvgIpc) is 3.44. The Morgan fingerprint density at radius 3 is 2.45 bits per heavy atom. The van der Waals surface area contributed by atoms with E-state index in [2.05, 4.69) is 33.4 Å². The second-order valence-corrected chi connectivity index (χ2v) is 15.4. The van der Waals surface area contributed by atoms with Crippen LogP contribution >= 0.6 is 0 Å². The third-order valence-corrected chi connectivity index (χ3v) is 13.4. The Hall–Kier alpha value is -0.960. The van der Waals surface area contributed by atoms with Gasteiger partial charge >= 0.3 is 0 Å². The molecule has 11 heteroatoms. The highest BCUT2D eigenvalue weighted by Crippen LogP contribution is 2.71. The minimum absolute atomic E-state index is 0.00125. The van der Waals surface area contributed by atoms with E-state index in [1.165, 1.54) is 0 Å². The van der Waals surface area contributed by atoms with E-state index in [0.717, 1.165) is 36.8 Å². The molecule has 248 valence electrons. The molecule has 3 saturated carbocycles. The summed E-state index contributed by atoms with van der Waals surface area (Å²) in [5.74, 6) is -0.131. The number of ether oxygens (including phenoxy) is 4. The van der Waals surface area contributed by atoms with Crippen LogP contribution in [0, 0.1) is 40.4 Å². The van der Waals surface area contributed by atoms with E-state index in [9.17, 15) is 35.7 Å². The molecule has 7 rings (SSSR count). The molecule has 7 aliphatic rings. The zero-order valence-corrected chi connectivity index (χ0v) is 25.9. The molecule has 0 unspecified atom stereocenters. The van der Waals surface area contributed by atoms with Crippen molar-refractivity contribution in [2.24, 2.45) is 40.4 Å². The SMILES string of the molecule is C=C1CO[C@@]2(O[C@H]3C[C@H]4[C@@H]5CC=C6C[C@@H](O)[C@H](O)[C@@H](O[C@@H]7O[C@H](CO)[C@H](O)[C@H](O)[C@H]7O)[C@]6(C)[C@H]5CC[C@]4(C)[C@H]3[C@@H]2C)[C@@H](O)C1. The van der Waals surface area contributed by atoms with E-state index >= 15 is 0 Å². The number of hydrogen-bond acceptors (Lipinski definition) is 11. The summed E-state index contributed by atoms with van der Waals surface area (Å²) in [4.78, 5) is 0. The first-order valence-electron chi connectivity index (χ1n) is 16.5. The minimum Gasteiger partial charge on any atom is -0.394 e. The maximum atomic E-state index is 11.4. The Morgan fingerprint density at radius 1 is 1.00 bits per heavy atom. The third-order valence-electron chi connectivity index (χ3n) is 13.4. The van der Waals surface area contributed by atoms with Gasteiger partial charge in [-0.3, -0.25) is 0 Å². The van der Waals surface area contributed by atoms with Crippen LogP contribution in [0.2, 0.25) is 0 Å². The largest absolute Gasteiger partial charge is 0.394 e. The number of rotatable bonds is 3. The molecule has 3 heterocycles. The van der Waals surface area contributed by atoms with Crippen LogP contribution in [0.15, 0.2) is 23.8 Å². The van der Waals surface area contributed by atoms with Gasteiger partial charge in [0.25, 0.3) is 0 Å². The lowest BCUT2D eigenvalue weighted by Crippen LogP contribution is -2.65. The van der Waals surface area contributed by atoms with E-state index in [-0.39, 0.29) is 35.2 Å². The molecule has 11 nitrogen and oxygen atoms in total. The number of allylic oxidation sites excluding steroid dienone is 1. The molecule has 3 saturated heterocycles. The predicted molar refractivity (Wildman–Crippen MR) is 154 cm³/mol. The van der Waals surface area contributed by atoms with Gasteiger partial charge in [-0.2, -0.15) is 0 Å². The summed E-state index contributed by atoms with van der Waals surface area (Å²) >= 11 is 0. The van der Waals surface area contributed by atoms with Crippen LogP contribution in [0.4, 0.5) is 0 Å². The third kappa shape index (κ3) is 4.21. The summed E-state index contributed by atoms with van der Waals surface area (Å²) in [5, 5.41) is 74.7. The van der Waals surface area contributed by atoms with Crippen molar-refractivity contribution in [3.63, 3.8) is 0 Å². The Balaban J connectivity index is 1.18. The molecule has 0 amide bonds. The van der Waals surface area contributed by atoms with Crippen LogP contribution in [0.1, 0.15) is 59.3 Å². The van der Waals surface area contributed by atoms with Gasteiger partial charge in [0, 0.05) is 17.8 Å². The summed E-state index contributed by atoms with van der Waals surface area (Å²) in [6, 6.07) is 0. The Morgan fingerprint density at radius 2 is 1.75 bits per heavy atom. The molecule has 7 N–H and O–H groups in total. The van der Waals surface area contributed by atoms with Crippen molar-refractivity contribution in [2.45, 2.75) is 126 Å². The van der Waals surface area contributed by atoms with Gasteiger partial charge in [-0.1, -0.05) is 39.0 Å². The normalized spacial score (nSPS) is 58.6. The maximum absolute atomic E-state index is 11.4. The van der Waals surface area contributed by atoms with E-state index in [0.29, 0.717) is 25.4 Å². The van der Waals surface area contributed by atoms with Crippen molar-refractivity contribution >= 4 is 0 Å². The average molecular weight is 623 g/mol. The molecule has 4 aliphatic carbocycles. The fraction of sp³-hybridized carbons (Fsp3) is 0.879. The van der Waals surface area contributed by atoms with Crippen molar-refractivity contribution in [2.75, 3.05) is 13.2 Å². The summed E-state index contributed by atoms with van der Waals surface area (Å²) in [6.07, 6.45) is -4.99. The molecule has 3 aliphatic heterocycles. The fourth-order valence-electron chi connectivity index (χ4n) is 11.2. The number of hydrogen-bond donors (Lipinski definition) is 7. The summed E-state index contributed by atoms with van der Waals surface area (Å²) in [7, 11) is 0. The van der Waals surface area contributed by atoms with Crippen LogP contribution < -0.4 is 0 Å². The number of aliphatic hydroxyl groups excluding tert-OH is 7. The Labute approximate surface area is 258 Å². The standard InChI is InChI=1S/C33H50O11/c1-14-9-23(36)33(41-13-14)15(2)24-21(44-33)11-19-17-6-5-16-10-20(35)25(37)29(32(16,4)18(17)7-8-31(19,24)3)43-30-28(40)27(39)26(38)22(12-34)42-30/h5,15,17-30,34-40H,1,6-13H2,2-4H3/t15-,17+,18-,19-,20+,21-,22+,23-,24-,25-,26-,27-,28+,29+,30-,31-,32-,33-/m0/s1. The Kier molecular flexibility index (Phi) is 7.75. The van der Waals surface area contributed by atoms with Crippen LogP contribution in [0.5, 0.6) is 0 Å². The lowest BCUT2D eigenvalue weighted by atomic mass is 9.46. The van der Waals surface area contributed by atoms with E-state index in [1.807, 2.05) is 0 Å². The minimum atomic E-state index is -1.61. The first-order valence-corrected chi connectivity index (χ1v) is 16.5. The molecule has 44 heavy (non-hydrogen) atoms. The first kappa shape index (κ1) is 31.6. The van der Waals surface area contributed by atoms with Gasteiger partial charge in [-0.15, -0.1) is 0 Å². The second-order valence-electron chi connectivity index (χ2n) is 15.4. The molecule has 0 aromatic rings. The highest BCUT2D eigenvalue weighted by molar-refractivity contribution is 5.30. The monoisotopic (exact) mass is 622 g/mol. The summed E-state index contributed by atoms with van der Waals surface area (Å²) in [5.41, 5.74) is 1.14. The van der Waals surface area contributed by atoms with Gasteiger partial charge in [0.05, 0.1) is 31.5 Å². The topological polar surface area (TPSA) is 179 Å². The number of fused-ring (bicyclic) bond motifs is 7. The van der Waals surface area contributed by atoms with E-state index in [4.69, 9.17) is 18.9 Å². The second kappa shape index (κ2) is 10.8. The zero-order valence-electron chi connectivity index (χ0n) is 25.9. The highest BCUT2D eigenvalue weighted by atomic mass is 16.7.